The number of hydrogen-bond donors (Lipinski definition) is 4. The number of aromatic nitrogens is 4. The van der Waals surface area contributed by atoms with Crippen molar-refractivity contribution in [2.24, 2.45) is 0 Å². The van der Waals surface area contributed by atoms with Crippen LogP contribution in [-0.4, -0.2) is 92.6 Å². The number of para-hydroxylation sites is 1. The van der Waals surface area contributed by atoms with Gasteiger partial charge in [0.15, 0.2) is 5.65 Å². The Labute approximate surface area is 326 Å². The highest BCUT2D eigenvalue weighted by Crippen LogP contribution is 2.37. The summed E-state index contributed by atoms with van der Waals surface area (Å²) in [6, 6.07) is 19.5. The molecule has 5 aromatic rings. The number of benzene rings is 3. The lowest BCUT2D eigenvalue weighted by atomic mass is 9.91. The first-order valence-corrected chi connectivity index (χ1v) is 19.3. The molecule has 57 heavy (non-hydrogen) atoms. The van der Waals surface area contributed by atoms with E-state index in [1.54, 1.807) is 0 Å². The molecule has 16 heteroatoms. The summed E-state index contributed by atoms with van der Waals surface area (Å²) in [4.78, 5) is 61.8. The fraction of sp³-hybridized carbons (Fsp3) is 0.341. The second-order valence-corrected chi connectivity index (χ2v) is 15.0. The van der Waals surface area contributed by atoms with E-state index in [9.17, 15) is 19.2 Å². The Bertz CT molecular complexity index is 2380. The van der Waals surface area contributed by atoms with Crippen molar-refractivity contribution in [2.75, 3.05) is 36.8 Å². The van der Waals surface area contributed by atoms with Gasteiger partial charge in [0, 0.05) is 50.2 Å². The number of nitrogens with two attached hydrogens (primary N) is 1. The third-order valence-electron chi connectivity index (χ3n) is 11.4. The average molecular weight is 773 g/mol. The van der Waals surface area contributed by atoms with Gasteiger partial charge in [-0.3, -0.25) is 29.4 Å². The van der Waals surface area contributed by atoms with E-state index < -0.39 is 35.5 Å². The smallest absolute Gasteiger partial charge is 0.262 e. The van der Waals surface area contributed by atoms with Gasteiger partial charge < -0.3 is 26.0 Å². The third kappa shape index (κ3) is 6.95. The molecule has 4 aliphatic rings. The third-order valence-corrected chi connectivity index (χ3v) is 11.4. The van der Waals surface area contributed by atoms with E-state index in [0.717, 1.165) is 83.5 Å². The van der Waals surface area contributed by atoms with Gasteiger partial charge in [-0.1, -0.05) is 18.2 Å². The van der Waals surface area contributed by atoms with Gasteiger partial charge in [-0.05, 0) is 80.6 Å². The molecule has 0 spiro atoms. The maximum Gasteiger partial charge on any atom is 0.262 e. The molecule has 3 fully saturated rings. The Morgan fingerprint density at radius 2 is 1.51 bits per heavy atom. The molecule has 15 nitrogen and oxygen atoms in total. The summed E-state index contributed by atoms with van der Waals surface area (Å²) in [5.41, 5.74) is 9.01. The van der Waals surface area contributed by atoms with E-state index >= 15 is 4.39 Å². The number of carbonyl (C=O) groups excluding carboxylic acids is 4. The molecule has 0 radical (unpaired) electrons. The van der Waals surface area contributed by atoms with Crippen LogP contribution in [0.15, 0.2) is 73.1 Å². The molecule has 0 bridgehead atoms. The van der Waals surface area contributed by atoms with Crippen LogP contribution >= 0.6 is 0 Å². The van der Waals surface area contributed by atoms with E-state index in [1.807, 2.05) is 64.2 Å². The van der Waals surface area contributed by atoms with Crippen LogP contribution in [0.1, 0.15) is 65.3 Å². The Morgan fingerprint density at radius 1 is 0.825 bits per heavy atom. The minimum absolute atomic E-state index is 0.0172. The number of amides is 4. The first-order chi connectivity index (χ1) is 27.7. The predicted molar refractivity (Wildman–Crippen MR) is 208 cm³/mol. The summed E-state index contributed by atoms with van der Waals surface area (Å²) in [6.07, 6.45) is 5.36. The van der Waals surface area contributed by atoms with Crippen molar-refractivity contribution < 1.29 is 28.3 Å². The molecule has 1 aliphatic carbocycles. The minimum Gasteiger partial charge on any atom is -0.457 e. The van der Waals surface area contributed by atoms with Crippen molar-refractivity contribution in [3.63, 3.8) is 0 Å². The second kappa shape index (κ2) is 15.0. The quantitative estimate of drug-likeness (QED) is 0.112. The van der Waals surface area contributed by atoms with Gasteiger partial charge in [0.25, 0.3) is 11.8 Å². The molecule has 5 N–H and O–H groups in total. The Balaban J connectivity index is 0.754. The number of carbonyl (C=O) groups is 4. The number of nitrogens with zero attached hydrogens (tertiary/aromatic N) is 6. The number of anilines is 2. The lowest BCUT2D eigenvalue weighted by Crippen LogP contribution is -2.59. The standard InChI is InChI=1S/C41H41FN10O5/c42-31-18-29-30(41(56)51(40(29)55)32-14-15-34(53)48-39(32)54)19-33(31)50-20-25(21-50)45-17-16-44-24-8-10-26(11-9-24)52-38-35(37(43)46-22-47-38)36(49-52)23-6-12-28(13-7-23)57-27-4-2-1-3-5-27/h1-7,12-13,18-19,22,24-26,32,44-45H,8-11,14-17,20-21H2,(H2,43,46,47)(H,48,53,54)/t24?,26?,32-/m1/s1. The van der Waals surface area contributed by atoms with Gasteiger partial charge >= 0.3 is 0 Å². The minimum atomic E-state index is -1.10. The largest absolute Gasteiger partial charge is 0.457 e. The highest BCUT2D eigenvalue weighted by atomic mass is 19.1. The van der Waals surface area contributed by atoms with E-state index in [1.165, 1.54) is 12.4 Å². The Kier molecular flexibility index (Phi) is 9.58. The SMILES string of the molecule is Nc1ncnc2c1c(-c1ccc(Oc3ccccc3)cc1)nn2C1CCC(NCCNC2CN(c3cc4c(cc3F)C(=O)N([C@@H]3CCC(=O)NC3=O)C4=O)C2)CC1. The van der Waals surface area contributed by atoms with Crippen molar-refractivity contribution in [3.05, 3.63) is 90.0 Å². The topological polar surface area (TPSA) is 190 Å². The molecule has 5 heterocycles. The molecule has 1 saturated carbocycles. The highest BCUT2D eigenvalue weighted by molar-refractivity contribution is 6.23. The molecule has 292 valence electrons. The van der Waals surface area contributed by atoms with Crippen molar-refractivity contribution >= 4 is 46.2 Å². The van der Waals surface area contributed by atoms with Gasteiger partial charge in [0.2, 0.25) is 11.8 Å². The summed E-state index contributed by atoms with van der Waals surface area (Å²) < 4.78 is 23.2. The molecule has 2 saturated heterocycles. The van der Waals surface area contributed by atoms with Crippen LogP contribution in [0.2, 0.25) is 0 Å². The number of piperidine rings is 1. The maximum atomic E-state index is 15.2. The lowest BCUT2D eigenvalue weighted by Gasteiger charge is -2.42. The zero-order valence-electron chi connectivity index (χ0n) is 31.0. The molecule has 4 amide bonds. The summed E-state index contributed by atoms with van der Waals surface area (Å²) in [6.45, 7) is 2.59. The van der Waals surface area contributed by atoms with Crippen LogP contribution in [0.4, 0.5) is 15.9 Å². The number of hydrogen-bond acceptors (Lipinski definition) is 12. The number of rotatable bonds is 11. The van der Waals surface area contributed by atoms with Gasteiger partial charge in [-0.15, -0.1) is 0 Å². The van der Waals surface area contributed by atoms with E-state index in [-0.39, 0.29) is 41.7 Å². The number of fused-ring (bicyclic) bond motifs is 2. The fourth-order valence-electron chi connectivity index (χ4n) is 8.36. The van der Waals surface area contributed by atoms with Crippen LogP contribution in [0, 0.1) is 5.82 Å². The van der Waals surface area contributed by atoms with Gasteiger partial charge in [-0.25, -0.2) is 19.0 Å². The number of imide groups is 2. The van der Waals surface area contributed by atoms with Crippen LogP contribution in [0.5, 0.6) is 11.5 Å². The summed E-state index contributed by atoms with van der Waals surface area (Å²) in [7, 11) is 0. The number of nitrogen functional groups attached to an aromatic ring is 1. The first-order valence-electron chi connectivity index (χ1n) is 19.3. The van der Waals surface area contributed by atoms with Crippen LogP contribution < -0.4 is 31.3 Å². The normalized spacial score (nSPS) is 21.2. The predicted octanol–water partition coefficient (Wildman–Crippen LogP) is 3.96. The molecule has 3 aliphatic heterocycles. The van der Waals surface area contributed by atoms with E-state index in [2.05, 4.69) is 25.9 Å². The molecule has 1 atom stereocenters. The zero-order chi connectivity index (χ0) is 39.2. The van der Waals surface area contributed by atoms with E-state index in [4.69, 9.17) is 15.6 Å². The van der Waals surface area contributed by atoms with Crippen LogP contribution in [0.3, 0.4) is 0 Å². The fourth-order valence-corrected chi connectivity index (χ4v) is 8.36. The zero-order valence-corrected chi connectivity index (χ0v) is 31.0. The number of halogens is 1. The summed E-state index contributed by atoms with van der Waals surface area (Å²) in [5, 5.41) is 15.2. The number of ether oxygens (including phenoxy) is 1. The van der Waals surface area contributed by atoms with Gasteiger partial charge in [-0.2, -0.15) is 5.10 Å². The van der Waals surface area contributed by atoms with Crippen molar-refractivity contribution in [1.29, 1.82) is 0 Å². The second-order valence-electron chi connectivity index (χ2n) is 15.0. The summed E-state index contributed by atoms with van der Waals surface area (Å²) >= 11 is 0. The Hall–Kier alpha value is -6.26. The van der Waals surface area contributed by atoms with Crippen molar-refractivity contribution in [1.82, 2.24) is 40.6 Å². The molecule has 2 aromatic heterocycles. The maximum absolute atomic E-state index is 15.2. The van der Waals surface area contributed by atoms with Crippen molar-refractivity contribution in [2.45, 2.75) is 62.7 Å². The molecule has 0 unspecified atom stereocenters. The van der Waals surface area contributed by atoms with Gasteiger partial charge in [0.05, 0.1) is 28.2 Å². The summed E-state index contributed by atoms with van der Waals surface area (Å²) in [5.74, 6) is -1.26. The first kappa shape index (κ1) is 36.4. The number of nitrogens with one attached hydrogen (secondary N) is 3. The monoisotopic (exact) mass is 772 g/mol. The van der Waals surface area contributed by atoms with E-state index in [0.29, 0.717) is 24.9 Å². The molecule has 3 aromatic carbocycles. The van der Waals surface area contributed by atoms with Gasteiger partial charge in [0.1, 0.15) is 41.2 Å². The van der Waals surface area contributed by atoms with Crippen LogP contribution in [-0.2, 0) is 9.59 Å². The molecular formula is C41H41FN10O5. The molecular weight excluding hydrogens is 732 g/mol. The average Bonchev–Trinajstić information content (AvgIpc) is 3.70. The lowest BCUT2D eigenvalue weighted by molar-refractivity contribution is -0.136. The highest BCUT2D eigenvalue weighted by Gasteiger charge is 2.45. The Morgan fingerprint density at radius 3 is 2.23 bits per heavy atom. The van der Waals surface area contributed by atoms with Crippen LogP contribution in [0.25, 0.3) is 22.3 Å². The van der Waals surface area contributed by atoms with Crippen molar-refractivity contribution in [3.8, 4) is 22.8 Å². The molecule has 9 rings (SSSR count).